The number of rotatable bonds is 5. The maximum absolute atomic E-state index is 8.99. The van der Waals surface area contributed by atoms with Crippen molar-refractivity contribution in [2.75, 3.05) is 6.61 Å². The lowest BCUT2D eigenvalue weighted by Gasteiger charge is -2.09. The zero-order valence-corrected chi connectivity index (χ0v) is 11.4. The lowest BCUT2D eigenvalue weighted by molar-refractivity contribution is 0.262. The first-order valence-electron chi connectivity index (χ1n) is 6.84. The number of aromatic nitrogens is 4. The number of aromatic amines is 2. The van der Waals surface area contributed by atoms with Gasteiger partial charge < -0.3 is 10.1 Å². The van der Waals surface area contributed by atoms with Crippen LogP contribution in [0.1, 0.15) is 18.9 Å². The van der Waals surface area contributed by atoms with E-state index in [2.05, 4.69) is 33.2 Å². The van der Waals surface area contributed by atoms with E-state index in [0.29, 0.717) is 5.92 Å². The number of nitrogens with zero attached hydrogens (tertiary/aromatic N) is 2. The van der Waals surface area contributed by atoms with Crippen LogP contribution in [0.2, 0.25) is 0 Å². The highest BCUT2D eigenvalue weighted by molar-refractivity contribution is 5.93. The second kappa shape index (κ2) is 5.46. The van der Waals surface area contributed by atoms with E-state index in [-0.39, 0.29) is 6.61 Å². The van der Waals surface area contributed by atoms with E-state index in [0.717, 1.165) is 35.0 Å². The first-order chi connectivity index (χ1) is 9.78. The Morgan fingerprint density at radius 3 is 2.95 bits per heavy atom. The van der Waals surface area contributed by atoms with Gasteiger partial charge in [0.2, 0.25) is 0 Å². The van der Waals surface area contributed by atoms with Gasteiger partial charge in [0.1, 0.15) is 5.65 Å². The maximum Gasteiger partial charge on any atom is 0.137 e. The van der Waals surface area contributed by atoms with Crippen molar-refractivity contribution in [3.8, 4) is 11.1 Å². The van der Waals surface area contributed by atoms with Gasteiger partial charge in [0.05, 0.1) is 6.20 Å². The number of aliphatic hydroxyl groups excluding tert-OH is 1. The molecule has 0 aliphatic heterocycles. The second-order valence-electron chi connectivity index (χ2n) is 5.25. The van der Waals surface area contributed by atoms with Crippen molar-refractivity contribution in [3.05, 3.63) is 36.4 Å². The standard InChI is InChI=1S/C15H18N4O/c1-10(2-3-20)4-11-5-13-14(12-7-18-19-8-12)9-17-15(13)16-6-11/h5-10,20H,2-4H2,1H3,(H,16,17)(H,18,19). The van der Waals surface area contributed by atoms with E-state index in [1.54, 1.807) is 0 Å². The number of nitrogens with one attached hydrogen (secondary N) is 2. The molecule has 0 aliphatic rings. The third-order valence-corrected chi connectivity index (χ3v) is 3.60. The minimum atomic E-state index is 0.237. The summed E-state index contributed by atoms with van der Waals surface area (Å²) in [5.74, 6) is 0.454. The van der Waals surface area contributed by atoms with Crippen LogP contribution in [-0.2, 0) is 6.42 Å². The largest absolute Gasteiger partial charge is 0.396 e. The molecule has 0 saturated carbocycles. The summed E-state index contributed by atoms with van der Waals surface area (Å²) in [5, 5.41) is 16.9. The molecular formula is C15H18N4O. The van der Waals surface area contributed by atoms with Gasteiger partial charge in [0.25, 0.3) is 0 Å². The third kappa shape index (κ3) is 2.44. The fraction of sp³-hybridized carbons (Fsp3) is 0.333. The molecule has 1 unspecified atom stereocenters. The summed E-state index contributed by atoms with van der Waals surface area (Å²) in [6.07, 6.45) is 9.31. The van der Waals surface area contributed by atoms with Crippen LogP contribution < -0.4 is 0 Å². The van der Waals surface area contributed by atoms with Gasteiger partial charge in [-0.2, -0.15) is 5.10 Å². The summed E-state index contributed by atoms with van der Waals surface area (Å²) in [7, 11) is 0. The molecule has 0 amide bonds. The van der Waals surface area contributed by atoms with Gasteiger partial charge in [0, 0.05) is 41.7 Å². The summed E-state index contributed by atoms with van der Waals surface area (Å²) in [5.41, 5.74) is 4.25. The Labute approximate surface area is 117 Å². The topological polar surface area (TPSA) is 77.6 Å². The molecule has 3 rings (SSSR count). The van der Waals surface area contributed by atoms with Crippen molar-refractivity contribution < 1.29 is 5.11 Å². The zero-order valence-electron chi connectivity index (χ0n) is 11.4. The summed E-state index contributed by atoms with van der Waals surface area (Å²) < 4.78 is 0. The fourth-order valence-electron chi connectivity index (χ4n) is 2.52. The van der Waals surface area contributed by atoms with E-state index in [4.69, 9.17) is 5.11 Å². The Kier molecular flexibility index (Phi) is 3.52. The molecule has 3 N–H and O–H groups in total. The van der Waals surface area contributed by atoms with E-state index in [1.165, 1.54) is 5.56 Å². The number of fused-ring (bicyclic) bond motifs is 1. The molecule has 5 nitrogen and oxygen atoms in total. The first kappa shape index (κ1) is 12.9. The minimum Gasteiger partial charge on any atom is -0.396 e. The Bertz CT molecular complexity index is 687. The Morgan fingerprint density at radius 1 is 1.30 bits per heavy atom. The van der Waals surface area contributed by atoms with E-state index >= 15 is 0 Å². The molecule has 3 aromatic rings. The van der Waals surface area contributed by atoms with Crippen LogP contribution in [-0.4, -0.2) is 31.9 Å². The molecule has 0 saturated heterocycles. The molecule has 1 atom stereocenters. The monoisotopic (exact) mass is 270 g/mol. The fourth-order valence-corrected chi connectivity index (χ4v) is 2.52. The number of H-pyrrole nitrogens is 2. The van der Waals surface area contributed by atoms with E-state index in [9.17, 15) is 0 Å². The molecule has 0 spiro atoms. The molecule has 3 heterocycles. The number of hydrogen-bond acceptors (Lipinski definition) is 3. The maximum atomic E-state index is 8.99. The van der Waals surface area contributed by atoms with Crippen LogP contribution >= 0.6 is 0 Å². The van der Waals surface area contributed by atoms with Crippen molar-refractivity contribution in [1.29, 1.82) is 0 Å². The molecule has 0 bridgehead atoms. The van der Waals surface area contributed by atoms with Crippen LogP contribution in [0.25, 0.3) is 22.2 Å². The zero-order chi connectivity index (χ0) is 13.9. The van der Waals surface area contributed by atoms with Crippen molar-refractivity contribution in [2.45, 2.75) is 19.8 Å². The molecule has 5 heteroatoms. The van der Waals surface area contributed by atoms with Gasteiger partial charge in [-0.05, 0) is 30.4 Å². The van der Waals surface area contributed by atoms with Crippen molar-refractivity contribution in [3.63, 3.8) is 0 Å². The average molecular weight is 270 g/mol. The molecule has 20 heavy (non-hydrogen) atoms. The molecule has 0 aromatic carbocycles. The van der Waals surface area contributed by atoms with Crippen molar-refractivity contribution in [2.24, 2.45) is 5.92 Å². The number of hydrogen-bond donors (Lipinski definition) is 3. The predicted octanol–water partition coefficient (Wildman–Crippen LogP) is 2.51. The lowest BCUT2D eigenvalue weighted by Crippen LogP contribution is -2.02. The summed E-state index contributed by atoms with van der Waals surface area (Å²) in [6, 6.07) is 2.18. The minimum absolute atomic E-state index is 0.237. The molecular weight excluding hydrogens is 252 g/mol. The molecule has 104 valence electrons. The average Bonchev–Trinajstić information content (AvgIpc) is 3.06. The van der Waals surface area contributed by atoms with Gasteiger partial charge in [-0.1, -0.05) is 6.92 Å². The molecule has 0 fully saturated rings. The van der Waals surface area contributed by atoms with Crippen LogP contribution in [0.5, 0.6) is 0 Å². The van der Waals surface area contributed by atoms with Crippen LogP contribution in [0, 0.1) is 5.92 Å². The second-order valence-corrected chi connectivity index (χ2v) is 5.25. The van der Waals surface area contributed by atoms with Crippen molar-refractivity contribution >= 4 is 11.0 Å². The number of aliphatic hydroxyl groups is 1. The van der Waals surface area contributed by atoms with Crippen molar-refractivity contribution in [1.82, 2.24) is 20.2 Å². The van der Waals surface area contributed by atoms with E-state index in [1.807, 2.05) is 24.8 Å². The highest BCUT2D eigenvalue weighted by atomic mass is 16.3. The summed E-state index contributed by atoms with van der Waals surface area (Å²) in [6.45, 7) is 2.38. The van der Waals surface area contributed by atoms with Crippen LogP contribution in [0.15, 0.2) is 30.9 Å². The van der Waals surface area contributed by atoms with Gasteiger partial charge in [-0.25, -0.2) is 4.98 Å². The molecule has 3 aromatic heterocycles. The normalized spacial score (nSPS) is 12.9. The van der Waals surface area contributed by atoms with Crippen LogP contribution in [0.3, 0.4) is 0 Å². The Morgan fingerprint density at radius 2 is 2.20 bits per heavy atom. The highest BCUT2D eigenvalue weighted by Gasteiger charge is 2.10. The van der Waals surface area contributed by atoms with Gasteiger partial charge in [0.15, 0.2) is 0 Å². The summed E-state index contributed by atoms with van der Waals surface area (Å²) >= 11 is 0. The summed E-state index contributed by atoms with van der Waals surface area (Å²) in [4.78, 5) is 7.67. The van der Waals surface area contributed by atoms with E-state index < -0.39 is 0 Å². The quantitative estimate of drug-likeness (QED) is 0.666. The van der Waals surface area contributed by atoms with Gasteiger partial charge in [-0.15, -0.1) is 0 Å². The lowest BCUT2D eigenvalue weighted by atomic mass is 9.98. The predicted molar refractivity (Wildman–Crippen MR) is 78.2 cm³/mol. The molecule has 0 aliphatic carbocycles. The van der Waals surface area contributed by atoms with Gasteiger partial charge >= 0.3 is 0 Å². The smallest absolute Gasteiger partial charge is 0.137 e. The third-order valence-electron chi connectivity index (χ3n) is 3.60. The first-order valence-corrected chi connectivity index (χ1v) is 6.84. The number of pyridine rings is 1. The SMILES string of the molecule is CC(CCO)Cc1cnc2[nH]cc(-c3cn[nH]c3)c2c1. The highest BCUT2D eigenvalue weighted by Crippen LogP contribution is 2.28. The Hall–Kier alpha value is -2.14. The van der Waals surface area contributed by atoms with Crippen LogP contribution in [0.4, 0.5) is 0 Å². The molecule has 0 radical (unpaired) electrons. The Balaban J connectivity index is 1.95. The van der Waals surface area contributed by atoms with Gasteiger partial charge in [-0.3, -0.25) is 5.10 Å².